The average Bonchev–Trinajstić information content (AvgIpc) is 2.74. The van der Waals surface area contributed by atoms with E-state index in [1.807, 2.05) is 61.5 Å². The van der Waals surface area contributed by atoms with Gasteiger partial charge in [-0.15, -0.1) is 0 Å². The maximum absolute atomic E-state index is 13.7. The molecule has 0 radical (unpaired) electrons. The highest BCUT2D eigenvalue weighted by Gasteiger charge is 2.38. The lowest BCUT2D eigenvalue weighted by atomic mass is 9.89. The van der Waals surface area contributed by atoms with E-state index in [9.17, 15) is 14.0 Å². The van der Waals surface area contributed by atoms with E-state index in [4.69, 9.17) is 0 Å². The molecule has 0 unspecified atom stereocenters. The number of fused-ring (bicyclic) bond motifs is 1. The van der Waals surface area contributed by atoms with Crippen LogP contribution >= 0.6 is 0 Å². The monoisotopic (exact) mass is 403 g/mol. The Balaban J connectivity index is 1.79. The molecule has 0 aliphatic carbocycles. The minimum absolute atomic E-state index is 0.0673. The third-order valence-electron chi connectivity index (χ3n) is 5.42. The number of nitrogens with zero attached hydrogens (tertiary/aromatic N) is 3. The number of hydrogen-bond acceptors (Lipinski definition) is 3. The number of pyridine rings is 1. The van der Waals surface area contributed by atoms with Crippen LogP contribution in [0.15, 0.2) is 73.1 Å². The highest BCUT2D eigenvalue weighted by atomic mass is 19.1. The zero-order valence-corrected chi connectivity index (χ0v) is 16.8. The predicted octanol–water partition coefficient (Wildman–Crippen LogP) is 4.75. The molecular formula is C24H22FN3O2. The van der Waals surface area contributed by atoms with Gasteiger partial charge in [0.1, 0.15) is 5.82 Å². The maximum atomic E-state index is 13.7. The number of benzene rings is 2. The van der Waals surface area contributed by atoms with E-state index in [2.05, 4.69) is 4.98 Å². The fraction of sp³-hybridized carbons (Fsp3) is 0.208. The smallest absolute Gasteiger partial charge is 0.260 e. The van der Waals surface area contributed by atoms with Crippen LogP contribution in [0.1, 0.15) is 42.2 Å². The van der Waals surface area contributed by atoms with Crippen molar-refractivity contribution in [3.63, 3.8) is 0 Å². The summed E-state index contributed by atoms with van der Waals surface area (Å²) in [5, 5.41) is 0. The highest BCUT2D eigenvalue weighted by molar-refractivity contribution is 6.07. The average molecular weight is 403 g/mol. The second-order valence-electron chi connectivity index (χ2n) is 7.45. The van der Waals surface area contributed by atoms with Crippen LogP contribution in [0.4, 0.5) is 15.8 Å². The van der Waals surface area contributed by atoms with Crippen molar-refractivity contribution in [2.45, 2.75) is 32.4 Å². The third kappa shape index (κ3) is 3.56. The molecule has 3 aromatic rings. The van der Waals surface area contributed by atoms with Crippen molar-refractivity contribution in [1.29, 1.82) is 0 Å². The minimum atomic E-state index is -0.552. The largest absolute Gasteiger partial charge is 0.305 e. The Morgan fingerprint density at radius 3 is 2.47 bits per heavy atom. The number of halogens is 1. The SMILES string of the molecule is CC(=O)N(c1ccccc1)[C@@H]1C[C@H](C)N(C(=O)c2cncc(F)c2)c2ccccc21. The first-order valence-corrected chi connectivity index (χ1v) is 9.85. The minimum Gasteiger partial charge on any atom is -0.305 e. The number of amides is 2. The van der Waals surface area contributed by atoms with Gasteiger partial charge in [0.2, 0.25) is 5.91 Å². The van der Waals surface area contributed by atoms with E-state index in [1.165, 1.54) is 12.3 Å². The van der Waals surface area contributed by atoms with Crippen LogP contribution in [0.5, 0.6) is 0 Å². The summed E-state index contributed by atoms with van der Waals surface area (Å²) < 4.78 is 13.7. The number of anilines is 2. The number of hydrogen-bond donors (Lipinski definition) is 0. The molecule has 152 valence electrons. The first-order chi connectivity index (χ1) is 14.5. The summed E-state index contributed by atoms with van der Waals surface area (Å²) in [7, 11) is 0. The van der Waals surface area contributed by atoms with Gasteiger partial charge in [-0.2, -0.15) is 0 Å². The third-order valence-corrected chi connectivity index (χ3v) is 5.42. The molecule has 0 fully saturated rings. The predicted molar refractivity (Wildman–Crippen MR) is 114 cm³/mol. The van der Waals surface area contributed by atoms with Gasteiger partial charge in [-0.3, -0.25) is 14.6 Å². The van der Waals surface area contributed by atoms with Gasteiger partial charge in [-0.1, -0.05) is 36.4 Å². The molecular weight excluding hydrogens is 381 g/mol. The first kappa shape index (κ1) is 19.8. The lowest BCUT2D eigenvalue weighted by Gasteiger charge is -2.43. The van der Waals surface area contributed by atoms with Gasteiger partial charge in [0.25, 0.3) is 5.91 Å². The van der Waals surface area contributed by atoms with E-state index in [-0.39, 0.29) is 29.5 Å². The Morgan fingerprint density at radius 1 is 1.07 bits per heavy atom. The number of aromatic nitrogens is 1. The molecule has 1 aromatic heterocycles. The van der Waals surface area contributed by atoms with Gasteiger partial charge in [0, 0.05) is 30.5 Å². The molecule has 2 amide bonds. The van der Waals surface area contributed by atoms with Gasteiger partial charge in [-0.25, -0.2) is 4.39 Å². The van der Waals surface area contributed by atoms with Crippen molar-refractivity contribution in [2.24, 2.45) is 0 Å². The maximum Gasteiger partial charge on any atom is 0.260 e. The van der Waals surface area contributed by atoms with Crippen LogP contribution in [0.25, 0.3) is 0 Å². The number of carbonyl (C=O) groups excluding carboxylic acids is 2. The van der Waals surface area contributed by atoms with Gasteiger partial charge < -0.3 is 9.80 Å². The van der Waals surface area contributed by atoms with Gasteiger partial charge in [0.15, 0.2) is 0 Å². The van der Waals surface area contributed by atoms with E-state index in [0.717, 1.165) is 23.1 Å². The van der Waals surface area contributed by atoms with Crippen molar-refractivity contribution < 1.29 is 14.0 Å². The Hall–Kier alpha value is -3.54. The molecule has 0 N–H and O–H groups in total. The topological polar surface area (TPSA) is 53.5 Å². The van der Waals surface area contributed by atoms with E-state index in [1.54, 1.807) is 16.7 Å². The molecule has 0 bridgehead atoms. The summed E-state index contributed by atoms with van der Waals surface area (Å²) in [5.74, 6) is -0.930. The van der Waals surface area contributed by atoms with E-state index in [0.29, 0.717) is 6.42 Å². The number of carbonyl (C=O) groups is 2. The molecule has 2 atom stereocenters. The molecule has 2 aromatic carbocycles. The van der Waals surface area contributed by atoms with Crippen molar-refractivity contribution in [3.8, 4) is 0 Å². The van der Waals surface area contributed by atoms with Gasteiger partial charge in [0.05, 0.1) is 17.8 Å². The molecule has 6 heteroatoms. The van der Waals surface area contributed by atoms with Crippen molar-refractivity contribution in [3.05, 3.63) is 90.0 Å². The summed E-state index contributed by atoms with van der Waals surface area (Å²) in [5.41, 5.74) is 2.61. The summed E-state index contributed by atoms with van der Waals surface area (Å²) in [6.45, 7) is 3.49. The Kier molecular flexibility index (Phi) is 5.31. The molecule has 4 rings (SSSR count). The molecule has 0 saturated heterocycles. The van der Waals surface area contributed by atoms with E-state index >= 15 is 0 Å². The van der Waals surface area contributed by atoms with Gasteiger partial charge in [-0.05, 0) is 43.2 Å². The lowest BCUT2D eigenvalue weighted by molar-refractivity contribution is -0.117. The zero-order chi connectivity index (χ0) is 21.3. The van der Waals surface area contributed by atoms with E-state index < -0.39 is 5.82 Å². The number of para-hydroxylation sites is 2. The second kappa shape index (κ2) is 8.06. The second-order valence-corrected chi connectivity index (χ2v) is 7.45. The van der Waals surface area contributed by atoms with Crippen LogP contribution in [0.2, 0.25) is 0 Å². The zero-order valence-electron chi connectivity index (χ0n) is 16.8. The van der Waals surface area contributed by atoms with Crippen molar-refractivity contribution >= 4 is 23.2 Å². The normalized spacial score (nSPS) is 17.9. The highest BCUT2D eigenvalue weighted by Crippen LogP contribution is 2.42. The Labute approximate surface area is 174 Å². The molecule has 5 nitrogen and oxygen atoms in total. The summed E-state index contributed by atoms with van der Waals surface area (Å²) in [6.07, 6.45) is 3.00. The molecule has 2 heterocycles. The van der Waals surface area contributed by atoms with Crippen LogP contribution in [-0.4, -0.2) is 22.8 Å². The molecule has 1 aliphatic rings. The molecule has 0 saturated carbocycles. The van der Waals surface area contributed by atoms with Crippen molar-refractivity contribution in [1.82, 2.24) is 4.98 Å². The van der Waals surface area contributed by atoms with Crippen LogP contribution in [0.3, 0.4) is 0 Å². The fourth-order valence-electron chi connectivity index (χ4n) is 4.17. The molecule has 0 spiro atoms. The summed E-state index contributed by atoms with van der Waals surface area (Å²) >= 11 is 0. The standard InChI is InChI=1S/C24H22FN3O2/c1-16-12-23(28(17(2)29)20-8-4-3-5-9-20)21-10-6-7-11-22(21)27(16)24(30)18-13-19(25)15-26-14-18/h3-11,13-16,23H,12H2,1-2H3/t16-,23+/m0/s1. The summed E-state index contributed by atoms with van der Waals surface area (Å²) in [4.78, 5) is 33.1. The van der Waals surface area contributed by atoms with Crippen LogP contribution < -0.4 is 9.80 Å². The van der Waals surface area contributed by atoms with Crippen LogP contribution in [-0.2, 0) is 4.79 Å². The molecule has 1 aliphatic heterocycles. The Morgan fingerprint density at radius 2 is 1.77 bits per heavy atom. The quantitative estimate of drug-likeness (QED) is 0.634. The Bertz CT molecular complexity index is 1090. The molecule has 30 heavy (non-hydrogen) atoms. The van der Waals surface area contributed by atoms with Crippen molar-refractivity contribution in [2.75, 3.05) is 9.80 Å². The summed E-state index contributed by atoms with van der Waals surface area (Å²) in [6, 6.07) is 17.9. The van der Waals surface area contributed by atoms with Crippen LogP contribution in [0, 0.1) is 5.82 Å². The van der Waals surface area contributed by atoms with Gasteiger partial charge >= 0.3 is 0 Å². The number of rotatable bonds is 3. The fourth-order valence-corrected chi connectivity index (χ4v) is 4.17. The first-order valence-electron chi connectivity index (χ1n) is 9.85. The lowest BCUT2D eigenvalue weighted by Crippen LogP contribution is -2.47.